The van der Waals surface area contributed by atoms with E-state index in [2.05, 4.69) is 24.8 Å². The Morgan fingerprint density at radius 3 is 2.57 bits per heavy atom. The Morgan fingerprint density at radius 1 is 1.50 bits per heavy atom. The Kier molecular flexibility index (Phi) is 4.37. The van der Waals surface area contributed by atoms with Crippen molar-refractivity contribution in [2.45, 2.75) is 45.2 Å². The standard InChI is InChI=1S/C11H21N3/c1-9(2)8-14(11-3-4-11)6-5-10(13)7-12/h9-11H,3-6,8,13H2,1-2H3. The number of nitriles is 1. The topological polar surface area (TPSA) is 53.0 Å². The van der Waals surface area contributed by atoms with E-state index >= 15 is 0 Å². The lowest BCUT2D eigenvalue weighted by Crippen LogP contribution is -2.34. The molecular weight excluding hydrogens is 174 g/mol. The third-order valence-corrected chi connectivity index (χ3v) is 2.56. The van der Waals surface area contributed by atoms with E-state index in [-0.39, 0.29) is 6.04 Å². The minimum absolute atomic E-state index is 0.289. The molecule has 1 atom stereocenters. The van der Waals surface area contributed by atoms with Crippen LogP contribution in [-0.2, 0) is 0 Å². The fourth-order valence-electron chi connectivity index (χ4n) is 1.70. The summed E-state index contributed by atoms with van der Waals surface area (Å²) in [5.74, 6) is 0.703. The molecule has 3 heteroatoms. The first-order chi connectivity index (χ1) is 6.63. The predicted molar refractivity (Wildman–Crippen MR) is 57.6 cm³/mol. The van der Waals surface area contributed by atoms with Gasteiger partial charge in [0.05, 0.1) is 12.1 Å². The highest BCUT2D eigenvalue weighted by Crippen LogP contribution is 2.27. The summed E-state index contributed by atoms with van der Waals surface area (Å²) in [7, 11) is 0. The van der Waals surface area contributed by atoms with Gasteiger partial charge in [0.1, 0.15) is 0 Å². The Hall–Kier alpha value is -0.590. The third kappa shape index (κ3) is 4.08. The van der Waals surface area contributed by atoms with E-state index in [0.717, 1.165) is 25.6 Å². The summed E-state index contributed by atoms with van der Waals surface area (Å²) in [6.45, 7) is 6.60. The Balaban J connectivity index is 2.25. The largest absolute Gasteiger partial charge is 0.316 e. The molecule has 0 saturated heterocycles. The van der Waals surface area contributed by atoms with Crippen LogP contribution < -0.4 is 5.73 Å². The molecule has 1 unspecified atom stereocenters. The molecular formula is C11H21N3. The Morgan fingerprint density at radius 2 is 2.14 bits per heavy atom. The average Bonchev–Trinajstić information content (AvgIpc) is 2.94. The van der Waals surface area contributed by atoms with Gasteiger partial charge in [-0.2, -0.15) is 5.26 Å². The van der Waals surface area contributed by atoms with Crippen LogP contribution in [0, 0.1) is 17.2 Å². The van der Waals surface area contributed by atoms with Crippen LogP contribution in [0.25, 0.3) is 0 Å². The zero-order chi connectivity index (χ0) is 10.6. The summed E-state index contributed by atoms with van der Waals surface area (Å²) >= 11 is 0. The minimum atomic E-state index is -0.289. The first-order valence-corrected chi connectivity index (χ1v) is 5.52. The molecule has 0 bridgehead atoms. The zero-order valence-electron chi connectivity index (χ0n) is 9.24. The highest BCUT2D eigenvalue weighted by Gasteiger charge is 2.28. The van der Waals surface area contributed by atoms with E-state index in [0.29, 0.717) is 5.92 Å². The van der Waals surface area contributed by atoms with Crippen molar-refractivity contribution in [1.82, 2.24) is 4.90 Å². The lowest BCUT2D eigenvalue weighted by molar-refractivity contribution is 0.229. The number of nitrogens with zero attached hydrogens (tertiary/aromatic N) is 2. The molecule has 14 heavy (non-hydrogen) atoms. The van der Waals surface area contributed by atoms with E-state index in [4.69, 9.17) is 11.0 Å². The molecule has 1 fully saturated rings. The normalized spacial score (nSPS) is 18.6. The van der Waals surface area contributed by atoms with E-state index in [1.165, 1.54) is 12.8 Å². The SMILES string of the molecule is CC(C)CN(CCC(N)C#N)C1CC1. The molecule has 0 aliphatic heterocycles. The van der Waals surface area contributed by atoms with Crippen LogP contribution in [0.2, 0.25) is 0 Å². The molecule has 0 aromatic rings. The number of rotatable bonds is 6. The molecule has 3 nitrogen and oxygen atoms in total. The van der Waals surface area contributed by atoms with Crippen molar-refractivity contribution in [3.05, 3.63) is 0 Å². The van der Waals surface area contributed by atoms with E-state index in [9.17, 15) is 0 Å². The van der Waals surface area contributed by atoms with Crippen LogP contribution in [0.1, 0.15) is 33.1 Å². The van der Waals surface area contributed by atoms with Crippen molar-refractivity contribution < 1.29 is 0 Å². The van der Waals surface area contributed by atoms with Gasteiger partial charge in [0.15, 0.2) is 0 Å². The maximum absolute atomic E-state index is 8.59. The average molecular weight is 195 g/mol. The molecule has 1 aliphatic rings. The third-order valence-electron chi connectivity index (χ3n) is 2.56. The molecule has 0 aromatic carbocycles. The summed E-state index contributed by atoms with van der Waals surface area (Å²) in [4.78, 5) is 2.49. The lowest BCUT2D eigenvalue weighted by Gasteiger charge is -2.24. The van der Waals surface area contributed by atoms with Crippen molar-refractivity contribution in [3.63, 3.8) is 0 Å². The highest BCUT2D eigenvalue weighted by atomic mass is 15.2. The summed E-state index contributed by atoms with van der Waals surface area (Å²) < 4.78 is 0. The van der Waals surface area contributed by atoms with Crippen molar-refractivity contribution in [2.75, 3.05) is 13.1 Å². The smallest absolute Gasteiger partial charge is 0.0940 e. The summed E-state index contributed by atoms with van der Waals surface area (Å²) in [5.41, 5.74) is 5.58. The van der Waals surface area contributed by atoms with Crippen molar-refractivity contribution in [3.8, 4) is 6.07 Å². The zero-order valence-corrected chi connectivity index (χ0v) is 9.24. The first-order valence-electron chi connectivity index (χ1n) is 5.52. The fraction of sp³-hybridized carbons (Fsp3) is 0.909. The van der Waals surface area contributed by atoms with E-state index < -0.39 is 0 Å². The van der Waals surface area contributed by atoms with Crippen molar-refractivity contribution in [2.24, 2.45) is 11.7 Å². The quantitative estimate of drug-likeness (QED) is 0.696. The van der Waals surface area contributed by atoms with Gasteiger partial charge >= 0.3 is 0 Å². The van der Waals surface area contributed by atoms with E-state index in [1.807, 2.05) is 0 Å². The van der Waals surface area contributed by atoms with Gasteiger partial charge in [-0.15, -0.1) is 0 Å². The van der Waals surface area contributed by atoms with Crippen LogP contribution in [0.5, 0.6) is 0 Å². The number of hydrogen-bond acceptors (Lipinski definition) is 3. The molecule has 0 spiro atoms. The van der Waals surface area contributed by atoms with Gasteiger partial charge in [0, 0.05) is 19.1 Å². The van der Waals surface area contributed by atoms with Crippen LogP contribution >= 0.6 is 0 Å². The van der Waals surface area contributed by atoms with Crippen LogP contribution in [0.4, 0.5) is 0 Å². The summed E-state index contributed by atoms with van der Waals surface area (Å²) in [5, 5.41) is 8.59. The first kappa shape index (κ1) is 11.5. The van der Waals surface area contributed by atoms with Gasteiger partial charge in [0.25, 0.3) is 0 Å². The van der Waals surface area contributed by atoms with Crippen LogP contribution in [0.15, 0.2) is 0 Å². The van der Waals surface area contributed by atoms with Gasteiger partial charge in [-0.3, -0.25) is 0 Å². The number of hydrogen-bond donors (Lipinski definition) is 1. The van der Waals surface area contributed by atoms with Gasteiger partial charge in [0.2, 0.25) is 0 Å². The second kappa shape index (κ2) is 5.33. The molecule has 1 saturated carbocycles. The molecule has 0 radical (unpaired) electrons. The summed E-state index contributed by atoms with van der Waals surface area (Å²) in [6, 6.07) is 2.58. The summed E-state index contributed by atoms with van der Waals surface area (Å²) in [6.07, 6.45) is 3.46. The molecule has 0 heterocycles. The maximum Gasteiger partial charge on any atom is 0.0940 e. The molecule has 1 aliphatic carbocycles. The second-order valence-electron chi connectivity index (χ2n) is 4.64. The molecule has 0 amide bonds. The molecule has 1 rings (SSSR count). The molecule has 0 aromatic heterocycles. The lowest BCUT2D eigenvalue weighted by atomic mass is 10.1. The fourth-order valence-corrected chi connectivity index (χ4v) is 1.70. The Bertz CT molecular complexity index is 203. The van der Waals surface area contributed by atoms with Gasteiger partial charge in [-0.05, 0) is 25.2 Å². The molecule has 80 valence electrons. The Labute approximate surface area is 86.9 Å². The van der Waals surface area contributed by atoms with Gasteiger partial charge < -0.3 is 10.6 Å². The minimum Gasteiger partial charge on any atom is -0.316 e. The van der Waals surface area contributed by atoms with Crippen molar-refractivity contribution in [1.29, 1.82) is 5.26 Å². The van der Waals surface area contributed by atoms with Gasteiger partial charge in [-0.1, -0.05) is 13.8 Å². The molecule has 2 N–H and O–H groups in total. The van der Waals surface area contributed by atoms with Gasteiger partial charge in [-0.25, -0.2) is 0 Å². The highest BCUT2D eigenvalue weighted by molar-refractivity contribution is 4.90. The number of nitrogens with two attached hydrogens (primary N) is 1. The predicted octanol–water partition coefficient (Wildman–Crippen LogP) is 1.35. The van der Waals surface area contributed by atoms with Crippen LogP contribution in [-0.4, -0.2) is 30.1 Å². The monoisotopic (exact) mass is 195 g/mol. The van der Waals surface area contributed by atoms with Crippen molar-refractivity contribution >= 4 is 0 Å². The second-order valence-corrected chi connectivity index (χ2v) is 4.64. The maximum atomic E-state index is 8.59. The van der Waals surface area contributed by atoms with Crippen LogP contribution in [0.3, 0.4) is 0 Å². The van der Waals surface area contributed by atoms with E-state index in [1.54, 1.807) is 0 Å².